The lowest BCUT2D eigenvalue weighted by atomic mass is 10.1. The van der Waals surface area contributed by atoms with Gasteiger partial charge in [-0.25, -0.2) is 19.3 Å². The highest BCUT2D eigenvalue weighted by Gasteiger charge is 2.20. The summed E-state index contributed by atoms with van der Waals surface area (Å²) in [6.07, 6.45) is 7.45. The largest absolute Gasteiger partial charge is 0.351 e. The molecule has 0 spiro atoms. The van der Waals surface area contributed by atoms with Crippen molar-refractivity contribution in [2.24, 2.45) is 0 Å². The standard InChI is InChI=1S/C22H22FN7/c1-14-21-29-19(15-2-4-16(23)5-3-15)20(30(21)13-12-25-14)18-8-11-26-22(28-18)27-17-6-9-24-10-7-17/h2-5,8,11-13,17,24H,6-7,9-10H2,1H3,(H,26,27,28). The number of hydrogen-bond acceptors (Lipinski definition) is 6. The van der Waals surface area contributed by atoms with Gasteiger partial charge in [0.25, 0.3) is 0 Å². The van der Waals surface area contributed by atoms with Gasteiger partial charge in [0.2, 0.25) is 5.95 Å². The lowest BCUT2D eigenvalue weighted by Crippen LogP contribution is -2.35. The van der Waals surface area contributed by atoms with Crippen LogP contribution >= 0.6 is 0 Å². The van der Waals surface area contributed by atoms with Gasteiger partial charge in [0, 0.05) is 30.2 Å². The summed E-state index contributed by atoms with van der Waals surface area (Å²) < 4.78 is 15.5. The van der Waals surface area contributed by atoms with Crippen LogP contribution in [-0.2, 0) is 0 Å². The smallest absolute Gasteiger partial charge is 0.223 e. The molecule has 8 heteroatoms. The van der Waals surface area contributed by atoms with E-state index in [9.17, 15) is 4.39 Å². The highest BCUT2D eigenvalue weighted by molar-refractivity contribution is 5.81. The van der Waals surface area contributed by atoms with E-state index in [4.69, 9.17) is 9.97 Å². The Morgan fingerprint density at radius 1 is 1.03 bits per heavy atom. The molecule has 1 fully saturated rings. The van der Waals surface area contributed by atoms with Crippen LogP contribution in [0.1, 0.15) is 18.5 Å². The normalized spacial score (nSPS) is 14.9. The minimum Gasteiger partial charge on any atom is -0.351 e. The highest BCUT2D eigenvalue weighted by atomic mass is 19.1. The average Bonchev–Trinajstić information content (AvgIpc) is 3.16. The number of halogens is 1. The summed E-state index contributed by atoms with van der Waals surface area (Å²) in [5, 5.41) is 6.82. The molecule has 1 aromatic carbocycles. The Bertz CT molecular complexity index is 1180. The van der Waals surface area contributed by atoms with Gasteiger partial charge in [0.15, 0.2) is 5.65 Å². The number of piperidine rings is 1. The van der Waals surface area contributed by atoms with Crippen LogP contribution in [0.2, 0.25) is 0 Å². The Hall–Kier alpha value is -3.39. The Labute approximate surface area is 173 Å². The maximum absolute atomic E-state index is 13.5. The Kier molecular flexibility index (Phi) is 4.84. The molecule has 4 heterocycles. The summed E-state index contributed by atoms with van der Waals surface area (Å²) in [7, 11) is 0. The summed E-state index contributed by atoms with van der Waals surface area (Å²) in [5.41, 5.74) is 4.70. The van der Waals surface area contributed by atoms with E-state index in [-0.39, 0.29) is 5.82 Å². The molecule has 4 aromatic rings. The molecular formula is C22H22FN7. The number of nitrogens with one attached hydrogen (secondary N) is 2. The van der Waals surface area contributed by atoms with Crippen molar-refractivity contribution in [2.75, 3.05) is 18.4 Å². The zero-order valence-electron chi connectivity index (χ0n) is 16.6. The maximum atomic E-state index is 13.5. The summed E-state index contributed by atoms with van der Waals surface area (Å²) >= 11 is 0. The molecule has 2 N–H and O–H groups in total. The van der Waals surface area contributed by atoms with Crippen molar-refractivity contribution in [1.82, 2.24) is 29.7 Å². The van der Waals surface area contributed by atoms with E-state index in [1.165, 1.54) is 12.1 Å². The van der Waals surface area contributed by atoms with Gasteiger partial charge in [-0.2, -0.15) is 0 Å². The van der Waals surface area contributed by atoms with Gasteiger partial charge < -0.3 is 10.6 Å². The first-order valence-corrected chi connectivity index (χ1v) is 10.1. The van der Waals surface area contributed by atoms with Crippen LogP contribution < -0.4 is 10.6 Å². The van der Waals surface area contributed by atoms with E-state index in [0.29, 0.717) is 12.0 Å². The monoisotopic (exact) mass is 403 g/mol. The van der Waals surface area contributed by atoms with Crippen LogP contribution in [0.25, 0.3) is 28.3 Å². The van der Waals surface area contributed by atoms with Crippen LogP contribution in [0, 0.1) is 12.7 Å². The Morgan fingerprint density at radius 3 is 2.63 bits per heavy atom. The number of hydrogen-bond donors (Lipinski definition) is 2. The van der Waals surface area contributed by atoms with Gasteiger partial charge in [-0.15, -0.1) is 0 Å². The molecule has 0 unspecified atom stereocenters. The zero-order chi connectivity index (χ0) is 20.5. The van der Waals surface area contributed by atoms with Crippen molar-refractivity contribution in [2.45, 2.75) is 25.8 Å². The van der Waals surface area contributed by atoms with Gasteiger partial charge >= 0.3 is 0 Å². The molecule has 0 bridgehead atoms. The van der Waals surface area contributed by atoms with E-state index in [2.05, 4.69) is 20.6 Å². The molecule has 1 aliphatic heterocycles. The molecule has 30 heavy (non-hydrogen) atoms. The van der Waals surface area contributed by atoms with E-state index in [1.807, 2.05) is 23.6 Å². The fourth-order valence-electron chi connectivity index (χ4n) is 3.87. The van der Waals surface area contributed by atoms with Crippen molar-refractivity contribution < 1.29 is 4.39 Å². The van der Waals surface area contributed by atoms with Crippen LogP contribution in [0.4, 0.5) is 10.3 Å². The number of aryl methyl sites for hydroxylation is 1. The molecule has 152 valence electrons. The minimum absolute atomic E-state index is 0.280. The molecule has 0 radical (unpaired) electrons. The number of rotatable bonds is 4. The van der Waals surface area contributed by atoms with E-state index >= 15 is 0 Å². The number of imidazole rings is 1. The molecule has 0 atom stereocenters. The maximum Gasteiger partial charge on any atom is 0.223 e. The van der Waals surface area contributed by atoms with Crippen LogP contribution in [0.15, 0.2) is 48.9 Å². The molecule has 7 nitrogen and oxygen atoms in total. The highest BCUT2D eigenvalue weighted by Crippen LogP contribution is 2.32. The first kappa shape index (κ1) is 18.6. The SMILES string of the molecule is Cc1nccn2c(-c3ccnc(NC4CCNCC4)n3)c(-c3ccc(F)cc3)nc12. The molecular weight excluding hydrogens is 381 g/mol. The minimum atomic E-state index is -0.280. The van der Waals surface area contributed by atoms with Gasteiger partial charge in [0.1, 0.15) is 5.82 Å². The number of fused-ring (bicyclic) bond motifs is 1. The molecule has 0 saturated carbocycles. The van der Waals surface area contributed by atoms with Crippen LogP contribution in [0.3, 0.4) is 0 Å². The lowest BCUT2D eigenvalue weighted by molar-refractivity contribution is 0.477. The Morgan fingerprint density at radius 2 is 1.83 bits per heavy atom. The fourth-order valence-corrected chi connectivity index (χ4v) is 3.87. The van der Waals surface area contributed by atoms with Crippen molar-refractivity contribution in [3.63, 3.8) is 0 Å². The van der Waals surface area contributed by atoms with Crippen molar-refractivity contribution in [3.8, 4) is 22.6 Å². The van der Waals surface area contributed by atoms with Crippen molar-refractivity contribution in [1.29, 1.82) is 0 Å². The third-order valence-corrected chi connectivity index (χ3v) is 5.41. The van der Waals surface area contributed by atoms with Crippen LogP contribution in [0.5, 0.6) is 0 Å². The van der Waals surface area contributed by atoms with E-state index in [0.717, 1.165) is 59.9 Å². The fraction of sp³-hybridized carbons (Fsp3) is 0.273. The second-order valence-corrected chi connectivity index (χ2v) is 7.46. The number of nitrogens with zero attached hydrogens (tertiary/aromatic N) is 5. The van der Waals surface area contributed by atoms with E-state index < -0.39 is 0 Å². The van der Waals surface area contributed by atoms with Gasteiger partial charge in [-0.3, -0.25) is 9.38 Å². The molecule has 5 rings (SSSR count). The zero-order valence-corrected chi connectivity index (χ0v) is 16.6. The van der Waals surface area contributed by atoms with Gasteiger partial charge in [-0.05, 0) is 63.2 Å². The number of benzene rings is 1. The average molecular weight is 403 g/mol. The van der Waals surface area contributed by atoms with Crippen molar-refractivity contribution in [3.05, 3.63) is 60.4 Å². The first-order chi connectivity index (χ1) is 14.7. The Balaban J connectivity index is 1.62. The summed E-state index contributed by atoms with van der Waals surface area (Å²) in [4.78, 5) is 18.4. The third kappa shape index (κ3) is 3.50. The molecule has 0 amide bonds. The second-order valence-electron chi connectivity index (χ2n) is 7.46. The summed E-state index contributed by atoms with van der Waals surface area (Å²) in [5.74, 6) is 0.322. The molecule has 3 aromatic heterocycles. The molecule has 0 aliphatic carbocycles. The van der Waals surface area contributed by atoms with Crippen LogP contribution in [-0.4, -0.2) is 43.5 Å². The predicted molar refractivity (Wildman–Crippen MR) is 114 cm³/mol. The third-order valence-electron chi connectivity index (χ3n) is 5.41. The number of anilines is 1. The molecule has 1 aliphatic rings. The topological polar surface area (TPSA) is 80.0 Å². The first-order valence-electron chi connectivity index (χ1n) is 10.1. The molecule has 1 saturated heterocycles. The second kappa shape index (κ2) is 7.79. The van der Waals surface area contributed by atoms with E-state index in [1.54, 1.807) is 24.5 Å². The lowest BCUT2D eigenvalue weighted by Gasteiger charge is -2.23. The summed E-state index contributed by atoms with van der Waals surface area (Å²) in [6, 6.07) is 8.58. The van der Waals surface area contributed by atoms with Crippen molar-refractivity contribution >= 4 is 11.6 Å². The van der Waals surface area contributed by atoms with Gasteiger partial charge in [-0.1, -0.05) is 0 Å². The number of aromatic nitrogens is 5. The summed E-state index contributed by atoms with van der Waals surface area (Å²) in [6.45, 7) is 3.90. The van der Waals surface area contributed by atoms with Gasteiger partial charge in [0.05, 0.1) is 22.8 Å². The predicted octanol–water partition coefficient (Wildman–Crippen LogP) is 3.46. The quantitative estimate of drug-likeness (QED) is 0.543.